The van der Waals surface area contributed by atoms with Crippen LogP contribution in [0, 0.1) is 17.6 Å². The molecule has 1 aromatic carbocycles. The lowest BCUT2D eigenvalue weighted by molar-refractivity contribution is 0.627. The van der Waals surface area contributed by atoms with Gasteiger partial charge in [-0.15, -0.1) is 0 Å². The molecule has 0 atom stereocenters. The first-order valence-electron chi connectivity index (χ1n) is 3.13. The fourth-order valence-corrected chi connectivity index (χ4v) is 0.776. The fraction of sp³-hybridized carbons (Fsp3) is 0. The first-order valence-corrected chi connectivity index (χ1v) is 3.13. The standard InChI is InChI=1S/C8H8FN2/c9-7-3-1-2-6(4-7)5-8(10)11/h1-5H,(H3,10,11). The smallest absolute Gasteiger partial charge is 0.123 e. The molecule has 11 heavy (non-hydrogen) atoms. The molecule has 3 N–H and O–H groups in total. The van der Waals surface area contributed by atoms with Gasteiger partial charge in [0.15, 0.2) is 0 Å². The molecule has 57 valence electrons. The van der Waals surface area contributed by atoms with E-state index in [1.54, 1.807) is 12.1 Å². The number of nitrogens with two attached hydrogens (primary N) is 1. The lowest BCUT2D eigenvalue weighted by atomic mass is 10.1. The van der Waals surface area contributed by atoms with Gasteiger partial charge in [-0.2, -0.15) is 0 Å². The van der Waals surface area contributed by atoms with Gasteiger partial charge in [-0.1, -0.05) is 12.1 Å². The van der Waals surface area contributed by atoms with Crippen molar-refractivity contribution in [1.29, 1.82) is 5.41 Å². The van der Waals surface area contributed by atoms with Gasteiger partial charge in [-0.05, 0) is 17.7 Å². The van der Waals surface area contributed by atoms with Crippen LogP contribution in [0.4, 0.5) is 4.39 Å². The molecule has 0 fully saturated rings. The van der Waals surface area contributed by atoms with Crippen molar-refractivity contribution < 1.29 is 4.39 Å². The molecule has 1 rings (SSSR count). The summed E-state index contributed by atoms with van der Waals surface area (Å²) in [6, 6.07) is 5.92. The van der Waals surface area contributed by atoms with Crippen LogP contribution in [0.25, 0.3) is 0 Å². The minimum Gasteiger partial charge on any atom is -0.387 e. The Morgan fingerprint density at radius 3 is 2.82 bits per heavy atom. The summed E-state index contributed by atoms with van der Waals surface area (Å²) in [7, 11) is 0. The molecule has 0 aliphatic carbocycles. The maximum absolute atomic E-state index is 12.5. The summed E-state index contributed by atoms with van der Waals surface area (Å²) >= 11 is 0. The van der Waals surface area contributed by atoms with Gasteiger partial charge < -0.3 is 5.73 Å². The van der Waals surface area contributed by atoms with Crippen molar-refractivity contribution in [1.82, 2.24) is 0 Å². The molecule has 0 aliphatic rings. The first kappa shape index (κ1) is 7.72. The topological polar surface area (TPSA) is 49.9 Å². The number of nitrogens with one attached hydrogen (secondary N) is 1. The van der Waals surface area contributed by atoms with E-state index in [-0.39, 0.29) is 11.7 Å². The summed E-state index contributed by atoms with van der Waals surface area (Å²) in [5.41, 5.74) is 5.69. The molecule has 0 amide bonds. The highest BCUT2D eigenvalue weighted by molar-refractivity contribution is 5.89. The average Bonchev–Trinajstić information content (AvgIpc) is 1.85. The molecular weight excluding hydrogens is 143 g/mol. The van der Waals surface area contributed by atoms with E-state index in [1.807, 2.05) is 0 Å². The van der Waals surface area contributed by atoms with Crippen LogP contribution >= 0.6 is 0 Å². The quantitative estimate of drug-likeness (QED) is 0.486. The molecule has 0 saturated carbocycles. The molecule has 0 aromatic heterocycles. The van der Waals surface area contributed by atoms with E-state index in [0.29, 0.717) is 5.56 Å². The van der Waals surface area contributed by atoms with Crippen molar-refractivity contribution in [2.75, 3.05) is 0 Å². The third kappa shape index (κ3) is 2.37. The van der Waals surface area contributed by atoms with Gasteiger partial charge in [0.25, 0.3) is 0 Å². The van der Waals surface area contributed by atoms with Crippen LogP contribution in [0.5, 0.6) is 0 Å². The minimum atomic E-state index is -0.319. The van der Waals surface area contributed by atoms with E-state index >= 15 is 0 Å². The Morgan fingerprint density at radius 1 is 1.55 bits per heavy atom. The summed E-state index contributed by atoms with van der Waals surface area (Å²) in [4.78, 5) is 0. The van der Waals surface area contributed by atoms with Crippen LogP contribution in [0.3, 0.4) is 0 Å². The van der Waals surface area contributed by atoms with Crippen molar-refractivity contribution >= 4 is 5.84 Å². The Labute approximate surface area is 64.4 Å². The summed E-state index contributed by atoms with van der Waals surface area (Å²) < 4.78 is 12.5. The molecular formula is C8H8FN2. The predicted molar refractivity (Wildman–Crippen MR) is 41.7 cm³/mol. The van der Waals surface area contributed by atoms with Crippen LogP contribution in [0.15, 0.2) is 24.3 Å². The summed E-state index contributed by atoms with van der Waals surface area (Å²) in [5.74, 6) is -0.393. The van der Waals surface area contributed by atoms with Crippen LogP contribution in [-0.4, -0.2) is 5.84 Å². The summed E-state index contributed by atoms with van der Waals surface area (Å²) in [6.07, 6.45) is 1.39. The van der Waals surface area contributed by atoms with Crippen molar-refractivity contribution in [2.45, 2.75) is 0 Å². The number of hydrogen-bond acceptors (Lipinski definition) is 1. The van der Waals surface area contributed by atoms with Crippen molar-refractivity contribution in [3.05, 3.63) is 42.1 Å². The molecule has 2 nitrogen and oxygen atoms in total. The Kier molecular flexibility index (Phi) is 2.21. The first-order chi connectivity index (χ1) is 5.18. The highest BCUT2D eigenvalue weighted by Gasteiger charge is 1.96. The van der Waals surface area contributed by atoms with Crippen LogP contribution in [0.2, 0.25) is 0 Å². The average molecular weight is 151 g/mol. The fourth-order valence-electron chi connectivity index (χ4n) is 0.776. The largest absolute Gasteiger partial charge is 0.387 e. The van der Waals surface area contributed by atoms with Crippen LogP contribution in [-0.2, 0) is 0 Å². The highest BCUT2D eigenvalue weighted by Crippen LogP contribution is 2.04. The van der Waals surface area contributed by atoms with E-state index in [9.17, 15) is 4.39 Å². The lowest BCUT2D eigenvalue weighted by Crippen LogP contribution is -2.10. The van der Waals surface area contributed by atoms with Gasteiger partial charge in [-0.25, -0.2) is 4.39 Å². The van der Waals surface area contributed by atoms with Crippen molar-refractivity contribution in [3.8, 4) is 0 Å². The van der Waals surface area contributed by atoms with E-state index in [1.165, 1.54) is 18.6 Å². The minimum absolute atomic E-state index is 0.0735. The van der Waals surface area contributed by atoms with E-state index < -0.39 is 0 Å². The normalized spacial score (nSPS) is 9.55. The zero-order chi connectivity index (χ0) is 8.27. The van der Waals surface area contributed by atoms with Crippen molar-refractivity contribution in [2.24, 2.45) is 5.73 Å². The van der Waals surface area contributed by atoms with E-state index in [0.717, 1.165) is 0 Å². The van der Waals surface area contributed by atoms with Crippen LogP contribution < -0.4 is 5.73 Å². The molecule has 0 aliphatic heterocycles. The number of amidine groups is 1. The van der Waals surface area contributed by atoms with Gasteiger partial charge in [0.2, 0.25) is 0 Å². The molecule has 1 aromatic rings. The molecule has 1 radical (unpaired) electrons. The van der Waals surface area contributed by atoms with E-state index in [4.69, 9.17) is 11.1 Å². The van der Waals surface area contributed by atoms with Crippen molar-refractivity contribution in [3.63, 3.8) is 0 Å². The molecule has 0 bridgehead atoms. The van der Waals surface area contributed by atoms with Gasteiger partial charge in [0.05, 0.1) is 12.3 Å². The number of hydrogen-bond donors (Lipinski definition) is 2. The third-order valence-electron chi connectivity index (χ3n) is 1.17. The van der Waals surface area contributed by atoms with Gasteiger partial charge >= 0.3 is 0 Å². The van der Waals surface area contributed by atoms with Gasteiger partial charge in [-0.3, -0.25) is 5.41 Å². The van der Waals surface area contributed by atoms with Gasteiger partial charge in [0.1, 0.15) is 5.82 Å². The number of rotatable bonds is 2. The monoisotopic (exact) mass is 151 g/mol. The summed E-state index contributed by atoms with van der Waals surface area (Å²) in [5, 5.41) is 6.90. The SMILES string of the molecule is N=C(N)[CH]c1cccc(F)c1. The predicted octanol–water partition coefficient (Wildman–Crippen LogP) is 1.31. The Hall–Kier alpha value is -1.38. The van der Waals surface area contributed by atoms with Crippen LogP contribution in [0.1, 0.15) is 5.56 Å². The second-order valence-electron chi connectivity index (χ2n) is 2.15. The Morgan fingerprint density at radius 2 is 2.27 bits per heavy atom. The Bertz CT molecular complexity index is 271. The van der Waals surface area contributed by atoms with E-state index in [2.05, 4.69) is 0 Å². The molecule has 3 heteroatoms. The molecule has 0 spiro atoms. The Balaban J connectivity index is 2.79. The maximum atomic E-state index is 12.5. The molecule has 0 unspecified atom stereocenters. The zero-order valence-electron chi connectivity index (χ0n) is 5.84. The summed E-state index contributed by atoms with van der Waals surface area (Å²) in [6.45, 7) is 0. The number of halogens is 1. The second-order valence-corrected chi connectivity index (χ2v) is 2.15. The zero-order valence-corrected chi connectivity index (χ0v) is 5.84. The highest BCUT2D eigenvalue weighted by atomic mass is 19.1. The second kappa shape index (κ2) is 3.14. The maximum Gasteiger partial charge on any atom is 0.123 e. The number of benzene rings is 1. The lowest BCUT2D eigenvalue weighted by Gasteiger charge is -1.97. The molecule has 0 heterocycles. The van der Waals surface area contributed by atoms with Gasteiger partial charge in [0, 0.05) is 0 Å². The molecule has 0 saturated heterocycles. The third-order valence-corrected chi connectivity index (χ3v) is 1.17.